The van der Waals surface area contributed by atoms with Gasteiger partial charge in [0.15, 0.2) is 0 Å². The summed E-state index contributed by atoms with van der Waals surface area (Å²) < 4.78 is 1.17. The normalized spacial score (nSPS) is 15.1. The van der Waals surface area contributed by atoms with Crippen molar-refractivity contribution in [3.63, 3.8) is 0 Å². The summed E-state index contributed by atoms with van der Waals surface area (Å²) in [5, 5.41) is 2.17. The zero-order valence-electron chi connectivity index (χ0n) is 14.1. The smallest absolute Gasteiger partial charge is 0.0596 e. The Bertz CT molecular complexity index is 401. The van der Waals surface area contributed by atoms with Crippen LogP contribution in [0.5, 0.6) is 0 Å². The summed E-state index contributed by atoms with van der Waals surface area (Å²) in [4.78, 5) is 4.06. The van der Waals surface area contributed by atoms with Gasteiger partial charge in [0.2, 0.25) is 0 Å². The van der Waals surface area contributed by atoms with Gasteiger partial charge in [-0.2, -0.15) is 0 Å². The molecule has 21 heavy (non-hydrogen) atoms. The third-order valence-corrected chi connectivity index (χ3v) is 5.87. The van der Waals surface area contributed by atoms with Gasteiger partial charge < -0.3 is 5.73 Å². The van der Waals surface area contributed by atoms with E-state index < -0.39 is 0 Å². The number of nitrogens with zero attached hydrogens (tertiary/aromatic N) is 1. The van der Waals surface area contributed by atoms with Crippen molar-refractivity contribution in [2.75, 3.05) is 6.54 Å². The Morgan fingerprint density at radius 3 is 2.19 bits per heavy atom. The molecule has 0 bridgehead atoms. The van der Waals surface area contributed by atoms with E-state index in [9.17, 15) is 0 Å². The van der Waals surface area contributed by atoms with Gasteiger partial charge in [0.25, 0.3) is 0 Å². The third-order valence-electron chi connectivity index (χ3n) is 4.10. The predicted octanol–water partition coefficient (Wildman–Crippen LogP) is 5.44. The van der Waals surface area contributed by atoms with E-state index in [-0.39, 0.29) is 6.04 Å². The lowest BCUT2D eigenvalue weighted by molar-refractivity contribution is 0.0930. The lowest BCUT2D eigenvalue weighted by Crippen LogP contribution is -2.47. The molecule has 0 aliphatic carbocycles. The van der Waals surface area contributed by atoms with E-state index in [1.165, 1.54) is 22.2 Å². The van der Waals surface area contributed by atoms with Gasteiger partial charge in [0.1, 0.15) is 0 Å². The van der Waals surface area contributed by atoms with Crippen molar-refractivity contribution < 1.29 is 0 Å². The lowest BCUT2D eigenvalue weighted by Gasteiger charge is -2.41. The van der Waals surface area contributed by atoms with Crippen molar-refractivity contribution in [2.24, 2.45) is 11.7 Å². The molecule has 1 aromatic heterocycles. The largest absolute Gasteiger partial charge is 0.326 e. The SMILES string of the molecule is CCC(N)C(c1cc(Br)cs1)N(CC(C)C)C(CC)CC. The number of nitrogens with two attached hydrogens (primary N) is 1. The van der Waals surface area contributed by atoms with Gasteiger partial charge in [-0.3, -0.25) is 4.90 Å². The van der Waals surface area contributed by atoms with E-state index >= 15 is 0 Å². The Labute approximate surface area is 143 Å². The second kappa shape index (κ2) is 9.29. The summed E-state index contributed by atoms with van der Waals surface area (Å²) in [5.74, 6) is 0.653. The summed E-state index contributed by atoms with van der Waals surface area (Å²) in [7, 11) is 0. The van der Waals surface area contributed by atoms with Crippen LogP contribution >= 0.6 is 27.3 Å². The van der Waals surface area contributed by atoms with E-state index in [4.69, 9.17) is 5.73 Å². The molecule has 0 radical (unpaired) electrons. The number of hydrogen-bond acceptors (Lipinski definition) is 3. The molecule has 122 valence electrons. The number of hydrogen-bond donors (Lipinski definition) is 1. The fraction of sp³-hybridized carbons (Fsp3) is 0.765. The van der Waals surface area contributed by atoms with E-state index in [0.717, 1.165) is 13.0 Å². The van der Waals surface area contributed by atoms with Crippen molar-refractivity contribution in [3.8, 4) is 0 Å². The minimum absolute atomic E-state index is 0.190. The van der Waals surface area contributed by atoms with Crippen molar-refractivity contribution in [2.45, 2.75) is 72.0 Å². The molecule has 1 rings (SSSR count). The predicted molar refractivity (Wildman–Crippen MR) is 98.9 cm³/mol. The van der Waals surface area contributed by atoms with E-state index in [2.05, 4.69) is 66.9 Å². The monoisotopic (exact) mass is 374 g/mol. The highest BCUT2D eigenvalue weighted by Crippen LogP contribution is 2.35. The van der Waals surface area contributed by atoms with Crippen LogP contribution in [-0.4, -0.2) is 23.5 Å². The second-order valence-electron chi connectivity index (χ2n) is 6.25. The average Bonchev–Trinajstić information content (AvgIpc) is 2.85. The molecule has 4 heteroatoms. The zero-order valence-corrected chi connectivity index (χ0v) is 16.5. The summed E-state index contributed by atoms with van der Waals surface area (Å²) in [6.07, 6.45) is 3.38. The highest BCUT2D eigenvalue weighted by molar-refractivity contribution is 9.10. The maximum absolute atomic E-state index is 6.53. The Morgan fingerprint density at radius 1 is 1.19 bits per heavy atom. The maximum Gasteiger partial charge on any atom is 0.0596 e. The summed E-state index contributed by atoms with van der Waals surface area (Å²) in [5.41, 5.74) is 6.53. The van der Waals surface area contributed by atoms with Crippen molar-refractivity contribution in [1.82, 2.24) is 4.90 Å². The average molecular weight is 375 g/mol. The molecule has 0 aliphatic heterocycles. The van der Waals surface area contributed by atoms with Crippen molar-refractivity contribution >= 4 is 27.3 Å². The quantitative estimate of drug-likeness (QED) is 0.623. The molecule has 1 aromatic rings. The van der Waals surface area contributed by atoms with Crippen LogP contribution in [0.3, 0.4) is 0 Å². The van der Waals surface area contributed by atoms with E-state index in [1.807, 2.05) is 11.3 Å². The van der Waals surface area contributed by atoms with Crippen LogP contribution in [0, 0.1) is 5.92 Å². The molecule has 2 unspecified atom stereocenters. The van der Waals surface area contributed by atoms with Gasteiger partial charge >= 0.3 is 0 Å². The molecule has 2 nitrogen and oxygen atoms in total. The summed E-state index contributed by atoms with van der Waals surface area (Å²) in [6.45, 7) is 12.5. The standard InChI is InChI=1S/C17H31BrN2S/c1-6-14(7-2)20(10-12(4)5)17(15(19)8-3)16-9-13(18)11-21-16/h9,11-12,14-15,17H,6-8,10,19H2,1-5H3. The number of rotatable bonds is 9. The Morgan fingerprint density at radius 2 is 1.81 bits per heavy atom. The first kappa shape index (κ1) is 19.1. The van der Waals surface area contributed by atoms with E-state index in [1.54, 1.807) is 0 Å². The van der Waals surface area contributed by atoms with Crippen LogP contribution < -0.4 is 5.73 Å². The Hall–Kier alpha value is 0.1000. The minimum Gasteiger partial charge on any atom is -0.326 e. The van der Waals surface area contributed by atoms with Gasteiger partial charge in [-0.1, -0.05) is 34.6 Å². The van der Waals surface area contributed by atoms with Crippen LogP contribution in [0.1, 0.15) is 64.8 Å². The molecule has 0 fully saturated rings. The van der Waals surface area contributed by atoms with Gasteiger partial charge in [0, 0.05) is 33.4 Å². The first-order chi connectivity index (χ1) is 9.94. The second-order valence-corrected chi connectivity index (χ2v) is 8.10. The van der Waals surface area contributed by atoms with Gasteiger partial charge in [-0.25, -0.2) is 0 Å². The number of thiophene rings is 1. The van der Waals surface area contributed by atoms with Crippen molar-refractivity contribution in [1.29, 1.82) is 0 Å². The Balaban J connectivity index is 3.15. The molecule has 0 saturated carbocycles. The maximum atomic E-state index is 6.53. The van der Waals surface area contributed by atoms with Crippen LogP contribution in [0.4, 0.5) is 0 Å². The third kappa shape index (κ3) is 5.34. The highest BCUT2D eigenvalue weighted by Gasteiger charge is 2.31. The zero-order chi connectivity index (χ0) is 16.0. The van der Waals surface area contributed by atoms with Crippen molar-refractivity contribution in [3.05, 3.63) is 20.8 Å². The number of halogens is 1. The summed E-state index contributed by atoms with van der Waals surface area (Å²) >= 11 is 5.42. The molecule has 0 aliphatic rings. The molecule has 0 aromatic carbocycles. The van der Waals surface area contributed by atoms with E-state index in [0.29, 0.717) is 18.0 Å². The molecule has 0 spiro atoms. The molecule has 0 amide bonds. The highest BCUT2D eigenvalue weighted by atomic mass is 79.9. The van der Waals surface area contributed by atoms with Crippen LogP contribution in [0.15, 0.2) is 15.9 Å². The molecule has 0 saturated heterocycles. The Kier molecular flexibility index (Phi) is 8.47. The van der Waals surface area contributed by atoms with Crippen LogP contribution in [0.2, 0.25) is 0 Å². The molecule has 1 heterocycles. The van der Waals surface area contributed by atoms with Gasteiger partial charge in [-0.05, 0) is 47.2 Å². The van der Waals surface area contributed by atoms with Crippen LogP contribution in [0.25, 0.3) is 0 Å². The summed E-state index contributed by atoms with van der Waals surface area (Å²) in [6, 6.07) is 3.38. The van der Waals surface area contributed by atoms with Gasteiger partial charge in [-0.15, -0.1) is 11.3 Å². The molecular formula is C17H31BrN2S. The first-order valence-electron chi connectivity index (χ1n) is 8.19. The minimum atomic E-state index is 0.190. The van der Waals surface area contributed by atoms with Crippen LogP contribution in [-0.2, 0) is 0 Å². The fourth-order valence-corrected chi connectivity index (χ4v) is 4.64. The molecule has 2 atom stereocenters. The lowest BCUT2D eigenvalue weighted by atomic mass is 9.97. The molecular weight excluding hydrogens is 344 g/mol. The fourth-order valence-electron chi connectivity index (χ4n) is 3.00. The first-order valence-corrected chi connectivity index (χ1v) is 9.86. The molecule has 2 N–H and O–H groups in total. The van der Waals surface area contributed by atoms with Gasteiger partial charge in [0.05, 0.1) is 6.04 Å². The topological polar surface area (TPSA) is 29.3 Å².